The number of aryl methyl sites for hydroxylation is 1. The molecule has 0 aromatic heterocycles. The van der Waals surface area contributed by atoms with Gasteiger partial charge < -0.3 is 0 Å². The van der Waals surface area contributed by atoms with Crippen LogP contribution in [0.4, 0.5) is 0 Å². The van der Waals surface area contributed by atoms with Crippen molar-refractivity contribution in [3.05, 3.63) is 102 Å². The molecule has 0 N–H and O–H groups in total. The zero-order valence-corrected chi connectivity index (χ0v) is 20.4. The van der Waals surface area contributed by atoms with Gasteiger partial charge in [-0.25, -0.2) is 0 Å². The van der Waals surface area contributed by atoms with Crippen molar-refractivity contribution in [3.63, 3.8) is 0 Å². The fourth-order valence-electron chi connectivity index (χ4n) is 5.30. The summed E-state index contributed by atoms with van der Waals surface area (Å²) in [4.78, 5) is 2.64. The average molecular weight is 424 g/mol. The normalized spacial score (nSPS) is 17.7. The highest BCUT2D eigenvalue weighted by molar-refractivity contribution is 5.72. The summed E-state index contributed by atoms with van der Waals surface area (Å²) < 4.78 is 0. The number of nitrogens with zero attached hydrogens (tertiary/aromatic N) is 1. The lowest BCUT2D eigenvalue weighted by Gasteiger charge is -2.51. The Morgan fingerprint density at radius 2 is 1.25 bits per heavy atom. The molecule has 3 aromatic rings. The molecule has 0 atom stereocenters. The van der Waals surface area contributed by atoms with E-state index in [0.717, 1.165) is 19.4 Å². The van der Waals surface area contributed by atoms with E-state index in [9.17, 15) is 0 Å². The van der Waals surface area contributed by atoms with Gasteiger partial charge in [-0.05, 0) is 73.9 Å². The predicted octanol–water partition coefficient (Wildman–Crippen LogP) is 8.15. The van der Waals surface area contributed by atoms with Crippen LogP contribution < -0.4 is 0 Å². The lowest BCUT2D eigenvalue weighted by molar-refractivity contribution is 0.0300. The third kappa shape index (κ3) is 4.89. The second-order valence-electron chi connectivity index (χ2n) is 10.4. The highest BCUT2D eigenvalue weighted by atomic mass is 15.2. The minimum atomic E-state index is -0.0132. The maximum Gasteiger partial charge on any atom is 0.0349 e. The molecule has 0 bridgehead atoms. The van der Waals surface area contributed by atoms with Gasteiger partial charge in [0, 0.05) is 17.6 Å². The third-order valence-electron chi connectivity index (χ3n) is 6.84. The highest BCUT2D eigenvalue weighted by Crippen LogP contribution is 2.42. The van der Waals surface area contributed by atoms with Crippen LogP contribution in [0.5, 0.6) is 0 Å². The Kier molecular flexibility index (Phi) is 6.40. The zero-order chi connectivity index (χ0) is 22.8. The van der Waals surface area contributed by atoms with Crippen LogP contribution in [0.25, 0.3) is 16.7 Å². The van der Waals surface area contributed by atoms with Crippen LogP contribution in [0, 0.1) is 0 Å². The molecule has 3 aromatic carbocycles. The summed E-state index contributed by atoms with van der Waals surface area (Å²) in [7, 11) is 0. The second-order valence-corrected chi connectivity index (χ2v) is 10.4. The van der Waals surface area contributed by atoms with Crippen molar-refractivity contribution in [2.75, 3.05) is 0 Å². The second kappa shape index (κ2) is 9.08. The van der Waals surface area contributed by atoms with Crippen LogP contribution >= 0.6 is 0 Å². The number of hydrogen-bond donors (Lipinski definition) is 0. The van der Waals surface area contributed by atoms with Crippen molar-refractivity contribution in [1.29, 1.82) is 0 Å². The van der Waals surface area contributed by atoms with Crippen LogP contribution in [0.15, 0.2) is 84.9 Å². The van der Waals surface area contributed by atoms with Crippen molar-refractivity contribution >= 4 is 5.57 Å². The fourth-order valence-corrected chi connectivity index (χ4v) is 5.30. The molecule has 0 aliphatic carbocycles. The van der Waals surface area contributed by atoms with E-state index in [1.165, 1.54) is 39.8 Å². The number of rotatable bonds is 6. The van der Waals surface area contributed by atoms with Gasteiger partial charge in [-0.1, -0.05) is 98.3 Å². The topological polar surface area (TPSA) is 3.24 Å². The van der Waals surface area contributed by atoms with E-state index in [4.69, 9.17) is 0 Å². The average Bonchev–Trinajstić information content (AvgIpc) is 2.77. The van der Waals surface area contributed by atoms with Crippen molar-refractivity contribution in [3.8, 4) is 11.1 Å². The van der Waals surface area contributed by atoms with Gasteiger partial charge in [-0.3, -0.25) is 4.90 Å². The van der Waals surface area contributed by atoms with Gasteiger partial charge in [0.05, 0.1) is 0 Å². The van der Waals surface area contributed by atoms with Crippen molar-refractivity contribution in [2.45, 2.75) is 71.5 Å². The fraction of sp³-hybridized carbons (Fsp3) is 0.355. The van der Waals surface area contributed by atoms with E-state index >= 15 is 0 Å². The van der Waals surface area contributed by atoms with Crippen molar-refractivity contribution in [1.82, 2.24) is 4.90 Å². The molecule has 1 aliphatic rings. The SMILES string of the molecule is CCCc1ccc(-c2ccc(C3=CC(C)(C)N(Cc4ccccc4)C(C)(C)C3)cc2)cc1. The molecule has 1 heterocycles. The Morgan fingerprint density at radius 1 is 0.688 bits per heavy atom. The summed E-state index contributed by atoms with van der Waals surface area (Å²) in [6.07, 6.45) is 5.88. The van der Waals surface area contributed by atoms with Gasteiger partial charge in [-0.15, -0.1) is 0 Å². The molecule has 0 fully saturated rings. The lowest BCUT2D eigenvalue weighted by Crippen LogP contribution is -2.56. The monoisotopic (exact) mass is 423 g/mol. The molecule has 0 spiro atoms. The smallest absolute Gasteiger partial charge is 0.0349 e. The molecule has 0 unspecified atom stereocenters. The maximum atomic E-state index is 2.64. The Labute approximate surface area is 194 Å². The van der Waals surface area contributed by atoms with Crippen LogP contribution in [0.3, 0.4) is 0 Å². The molecule has 0 radical (unpaired) electrons. The largest absolute Gasteiger partial charge is 0.285 e. The lowest BCUT2D eigenvalue weighted by atomic mass is 9.78. The molecule has 0 saturated heterocycles. The molecule has 1 aliphatic heterocycles. The Bertz CT molecular complexity index is 1050. The predicted molar refractivity (Wildman–Crippen MR) is 139 cm³/mol. The summed E-state index contributed by atoms with van der Waals surface area (Å²) >= 11 is 0. The molecular formula is C31H37N. The number of hydrogen-bond acceptors (Lipinski definition) is 1. The quantitative estimate of drug-likeness (QED) is 0.386. The van der Waals surface area contributed by atoms with Crippen LogP contribution in [-0.2, 0) is 13.0 Å². The molecule has 0 amide bonds. The molecule has 0 saturated carbocycles. The molecule has 4 rings (SSSR count). The van der Waals surface area contributed by atoms with Gasteiger partial charge >= 0.3 is 0 Å². The van der Waals surface area contributed by atoms with E-state index in [1.807, 2.05) is 0 Å². The van der Waals surface area contributed by atoms with Crippen LogP contribution in [0.2, 0.25) is 0 Å². The van der Waals surface area contributed by atoms with Crippen LogP contribution in [0.1, 0.15) is 64.2 Å². The summed E-state index contributed by atoms with van der Waals surface area (Å²) in [6.45, 7) is 12.7. The Morgan fingerprint density at radius 3 is 1.81 bits per heavy atom. The molecule has 166 valence electrons. The summed E-state index contributed by atoms with van der Waals surface area (Å²) in [5, 5.41) is 0. The van der Waals surface area contributed by atoms with E-state index in [2.05, 4.69) is 124 Å². The minimum absolute atomic E-state index is 0.0132. The Hall–Kier alpha value is -2.64. The van der Waals surface area contributed by atoms with E-state index in [1.54, 1.807) is 0 Å². The van der Waals surface area contributed by atoms with Gasteiger partial charge in [0.15, 0.2) is 0 Å². The standard InChI is InChI=1S/C31H37N/c1-6-10-24-13-15-26(16-14-24)27-17-19-28(20-18-27)29-21-30(2,3)32(31(4,5)22-29)23-25-11-8-7-9-12-25/h7-9,11-21H,6,10,22-23H2,1-5H3. The van der Waals surface area contributed by atoms with Gasteiger partial charge in [-0.2, -0.15) is 0 Å². The molecule has 32 heavy (non-hydrogen) atoms. The first kappa shape index (κ1) is 22.6. The zero-order valence-electron chi connectivity index (χ0n) is 20.4. The summed E-state index contributed by atoms with van der Waals surface area (Å²) in [5.74, 6) is 0. The van der Waals surface area contributed by atoms with Gasteiger partial charge in [0.25, 0.3) is 0 Å². The highest BCUT2D eigenvalue weighted by Gasteiger charge is 2.41. The summed E-state index contributed by atoms with van der Waals surface area (Å²) in [6, 6.07) is 29.1. The minimum Gasteiger partial charge on any atom is -0.285 e. The first-order chi connectivity index (χ1) is 15.3. The molecule has 1 heteroatoms. The van der Waals surface area contributed by atoms with Crippen molar-refractivity contribution in [2.24, 2.45) is 0 Å². The first-order valence-corrected chi connectivity index (χ1v) is 12.0. The van der Waals surface area contributed by atoms with E-state index < -0.39 is 0 Å². The third-order valence-corrected chi connectivity index (χ3v) is 6.84. The van der Waals surface area contributed by atoms with Gasteiger partial charge in [0.2, 0.25) is 0 Å². The summed E-state index contributed by atoms with van der Waals surface area (Å²) in [5.41, 5.74) is 8.24. The van der Waals surface area contributed by atoms with Crippen molar-refractivity contribution < 1.29 is 0 Å². The van der Waals surface area contributed by atoms with E-state index in [0.29, 0.717) is 0 Å². The van der Waals surface area contributed by atoms with Gasteiger partial charge in [0.1, 0.15) is 0 Å². The number of benzene rings is 3. The Balaban J connectivity index is 1.57. The maximum absolute atomic E-state index is 2.64. The van der Waals surface area contributed by atoms with Crippen LogP contribution in [-0.4, -0.2) is 16.0 Å². The first-order valence-electron chi connectivity index (χ1n) is 12.0. The molecular weight excluding hydrogens is 386 g/mol. The molecule has 1 nitrogen and oxygen atoms in total. The van der Waals surface area contributed by atoms with E-state index in [-0.39, 0.29) is 11.1 Å².